The smallest absolute Gasteiger partial charge is 0.232 e. The van der Waals surface area contributed by atoms with Gasteiger partial charge in [-0.05, 0) is 36.9 Å². The summed E-state index contributed by atoms with van der Waals surface area (Å²) in [6.07, 6.45) is 2.08. The van der Waals surface area contributed by atoms with Crippen LogP contribution in [0, 0.1) is 5.92 Å². The first-order valence-electron chi connectivity index (χ1n) is 6.99. The van der Waals surface area contributed by atoms with Crippen LogP contribution >= 0.6 is 35.8 Å². The third-order valence-corrected chi connectivity index (χ3v) is 5.08. The third-order valence-electron chi connectivity index (χ3n) is 3.74. The fourth-order valence-corrected chi connectivity index (χ4v) is 3.59. The van der Waals surface area contributed by atoms with Crippen molar-refractivity contribution in [2.24, 2.45) is 11.7 Å². The van der Waals surface area contributed by atoms with Gasteiger partial charge in [-0.3, -0.25) is 4.79 Å². The Labute approximate surface area is 142 Å². The first-order chi connectivity index (χ1) is 9.70. The normalized spacial score (nSPS) is 15.6. The molecule has 0 spiro atoms. The molecule has 0 saturated carbocycles. The maximum absolute atomic E-state index is 12.1. The molecule has 1 saturated heterocycles. The predicted octanol–water partition coefficient (Wildman–Crippen LogP) is 3.19. The van der Waals surface area contributed by atoms with Gasteiger partial charge in [0.25, 0.3) is 0 Å². The minimum absolute atomic E-state index is 0. The van der Waals surface area contributed by atoms with E-state index in [1.54, 1.807) is 11.8 Å². The molecule has 118 valence electrons. The van der Waals surface area contributed by atoms with Gasteiger partial charge in [-0.25, -0.2) is 0 Å². The largest absolute Gasteiger partial charge is 0.342 e. The molecular formula is C15H22Cl2N2OS. The van der Waals surface area contributed by atoms with Gasteiger partial charge in [-0.1, -0.05) is 29.8 Å². The van der Waals surface area contributed by atoms with Crippen molar-refractivity contribution in [2.75, 3.05) is 25.4 Å². The lowest BCUT2D eigenvalue weighted by Gasteiger charge is -2.31. The molecule has 2 rings (SSSR count). The van der Waals surface area contributed by atoms with E-state index >= 15 is 0 Å². The Morgan fingerprint density at radius 1 is 1.33 bits per heavy atom. The standard InChI is InChI=1S/C15H21ClN2OS.ClH/c16-14-4-2-1-3-13(14)10-20-11-15(19)18-7-5-12(9-17)6-8-18;/h1-4,12H,5-11,17H2;1H. The van der Waals surface area contributed by atoms with Crippen LogP contribution in [0.4, 0.5) is 0 Å². The first-order valence-corrected chi connectivity index (χ1v) is 8.53. The minimum Gasteiger partial charge on any atom is -0.342 e. The summed E-state index contributed by atoms with van der Waals surface area (Å²) in [7, 11) is 0. The second kappa shape index (κ2) is 9.57. The SMILES string of the molecule is Cl.NCC1CCN(C(=O)CSCc2ccccc2Cl)CC1. The van der Waals surface area contributed by atoms with Gasteiger partial charge in [0, 0.05) is 23.9 Å². The summed E-state index contributed by atoms with van der Waals surface area (Å²) in [5.41, 5.74) is 6.75. The van der Waals surface area contributed by atoms with Crippen LogP contribution in [0.3, 0.4) is 0 Å². The number of hydrogen-bond acceptors (Lipinski definition) is 3. The van der Waals surface area contributed by atoms with Crippen molar-refractivity contribution in [2.45, 2.75) is 18.6 Å². The molecule has 0 radical (unpaired) electrons. The highest BCUT2D eigenvalue weighted by atomic mass is 35.5. The lowest BCUT2D eigenvalue weighted by Crippen LogP contribution is -2.40. The van der Waals surface area contributed by atoms with Gasteiger partial charge in [0.05, 0.1) is 5.75 Å². The molecule has 1 fully saturated rings. The van der Waals surface area contributed by atoms with E-state index in [1.165, 1.54) is 0 Å². The van der Waals surface area contributed by atoms with Crippen LogP contribution in [-0.2, 0) is 10.5 Å². The average Bonchev–Trinajstić information content (AvgIpc) is 2.49. The average molecular weight is 349 g/mol. The molecule has 0 aliphatic carbocycles. The fraction of sp³-hybridized carbons (Fsp3) is 0.533. The van der Waals surface area contributed by atoms with Crippen LogP contribution in [0.25, 0.3) is 0 Å². The second-order valence-corrected chi connectivity index (χ2v) is 6.54. The van der Waals surface area contributed by atoms with Crippen molar-refractivity contribution in [3.63, 3.8) is 0 Å². The van der Waals surface area contributed by atoms with Crippen molar-refractivity contribution in [1.82, 2.24) is 4.90 Å². The van der Waals surface area contributed by atoms with Crippen LogP contribution in [0.1, 0.15) is 18.4 Å². The minimum atomic E-state index is 0. The quantitative estimate of drug-likeness (QED) is 0.888. The number of carbonyl (C=O) groups is 1. The highest BCUT2D eigenvalue weighted by molar-refractivity contribution is 7.99. The lowest BCUT2D eigenvalue weighted by atomic mass is 9.97. The molecule has 21 heavy (non-hydrogen) atoms. The zero-order valence-electron chi connectivity index (χ0n) is 12.0. The highest BCUT2D eigenvalue weighted by Gasteiger charge is 2.21. The summed E-state index contributed by atoms with van der Waals surface area (Å²) >= 11 is 7.73. The number of hydrogen-bond donors (Lipinski definition) is 1. The first kappa shape index (κ1) is 18.6. The zero-order chi connectivity index (χ0) is 14.4. The van der Waals surface area contributed by atoms with Gasteiger partial charge < -0.3 is 10.6 Å². The van der Waals surface area contributed by atoms with E-state index in [1.807, 2.05) is 29.2 Å². The Morgan fingerprint density at radius 2 is 2.00 bits per heavy atom. The molecule has 1 aromatic rings. The zero-order valence-corrected chi connectivity index (χ0v) is 14.4. The molecule has 1 aliphatic heterocycles. The second-order valence-electron chi connectivity index (χ2n) is 5.14. The van der Waals surface area contributed by atoms with Crippen LogP contribution in [0.15, 0.2) is 24.3 Å². The van der Waals surface area contributed by atoms with Crippen LogP contribution in [0.5, 0.6) is 0 Å². The molecule has 2 N–H and O–H groups in total. The van der Waals surface area contributed by atoms with E-state index < -0.39 is 0 Å². The number of nitrogens with zero attached hydrogens (tertiary/aromatic N) is 1. The summed E-state index contributed by atoms with van der Waals surface area (Å²) in [6, 6.07) is 7.79. The van der Waals surface area contributed by atoms with E-state index in [0.29, 0.717) is 11.7 Å². The molecule has 6 heteroatoms. The summed E-state index contributed by atoms with van der Waals surface area (Å²) in [4.78, 5) is 14.1. The summed E-state index contributed by atoms with van der Waals surface area (Å²) in [6.45, 7) is 2.45. The molecule has 0 bridgehead atoms. The Hall–Kier alpha value is -0.420. The van der Waals surface area contributed by atoms with Crippen molar-refractivity contribution in [1.29, 1.82) is 0 Å². The van der Waals surface area contributed by atoms with E-state index in [0.717, 1.165) is 48.8 Å². The topological polar surface area (TPSA) is 46.3 Å². The van der Waals surface area contributed by atoms with E-state index in [2.05, 4.69) is 0 Å². The van der Waals surface area contributed by atoms with Crippen molar-refractivity contribution in [3.05, 3.63) is 34.9 Å². The number of halogens is 2. The molecule has 1 aromatic carbocycles. The van der Waals surface area contributed by atoms with E-state index in [-0.39, 0.29) is 18.3 Å². The van der Waals surface area contributed by atoms with Crippen molar-refractivity contribution < 1.29 is 4.79 Å². The molecule has 0 aromatic heterocycles. The fourth-order valence-electron chi connectivity index (χ4n) is 2.37. The van der Waals surface area contributed by atoms with Gasteiger partial charge >= 0.3 is 0 Å². The van der Waals surface area contributed by atoms with E-state index in [9.17, 15) is 4.79 Å². The van der Waals surface area contributed by atoms with Crippen molar-refractivity contribution >= 4 is 41.7 Å². The summed E-state index contributed by atoms with van der Waals surface area (Å²) < 4.78 is 0. The predicted molar refractivity (Wildman–Crippen MR) is 93.2 cm³/mol. The summed E-state index contributed by atoms with van der Waals surface area (Å²) in [5, 5.41) is 0.774. The lowest BCUT2D eigenvalue weighted by molar-refractivity contribution is -0.129. The number of thioether (sulfide) groups is 1. The molecule has 1 heterocycles. The van der Waals surface area contributed by atoms with Gasteiger partial charge in [-0.15, -0.1) is 24.2 Å². The van der Waals surface area contributed by atoms with Crippen LogP contribution in [0.2, 0.25) is 5.02 Å². The van der Waals surface area contributed by atoms with Gasteiger partial charge in [-0.2, -0.15) is 0 Å². The Bertz CT molecular complexity index is 451. The van der Waals surface area contributed by atoms with Crippen LogP contribution in [-0.4, -0.2) is 36.2 Å². The number of piperidine rings is 1. The van der Waals surface area contributed by atoms with Gasteiger partial charge in [0.2, 0.25) is 5.91 Å². The van der Waals surface area contributed by atoms with Gasteiger partial charge in [0.1, 0.15) is 0 Å². The number of rotatable bonds is 5. The van der Waals surface area contributed by atoms with Gasteiger partial charge in [0.15, 0.2) is 0 Å². The Balaban J connectivity index is 0.00000220. The van der Waals surface area contributed by atoms with E-state index in [4.69, 9.17) is 17.3 Å². The molecule has 0 atom stereocenters. The molecular weight excluding hydrogens is 327 g/mol. The monoisotopic (exact) mass is 348 g/mol. The molecule has 0 unspecified atom stereocenters. The Morgan fingerprint density at radius 3 is 2.62 bits per heavy atom. The number of benzene rings is 1. The molecule has 1 aliphatic rings. The maximum atomic E-state index is 12.1. The number of carbonyl (C=O) groups excluding carboxylic acids is 1. The maximum Gasteiger partial charge on any atom is 0.232 e. The number of nitrogens with two attached hydrogens (primary N) is 1. The summed E-state index contributed by atoms with van der Waals surface area (Å²) in [5.74, 6) is 2.13. The highest BCUT2D eigenvalue weighted by Crippen LogP contribution is 2.22. The Kier molecular flexibility index (Phi) is 8.49. The van der Waals surface area contributed by atoms with Crippen molar-refractivity contribution in [3.8, 4) is 0 Å². The molecule has 3 nitrogen and oxygen atoms in total. The number of amides is 1. The third kappa shape index (κ3) is 5.70. The number of likely N-dealkylation sites (tertiary alicyclic amines) is 1. The molecule has 1 amide bonds. The van der Waals surface area contributed by atoms with Crippen LogP contribution < -0.4 is 5.73 Å².